The molecule has 0 unspecified atom stereocenters. The van der Waals surface area contributed by atoms with Gasteiger partial charge in [-0.05, 0) is 65.7 Å². The fourth-order valence-electron chi connectivity index (χ4n) is 4.96. The van der Waals surface area contributed by atoms with Crippen molar-refractivity contribution in [1.29, 1.82) is 0 Å². The first-order valence-electron chi connectivity index (χ1n) is 12.7. The average molecular weight is 491 g/mol. The molecule has 0 atom stereocenters. The van der Waals surface area contributed by atoms with Crippen LogP contribution in [0.2, 0.25) is 0 Å². The Morgan fingerprint density at radius 1 is 0.946 bits per heavy atom. The van der Waals surface area contributed by atoms with Crippen LogP contribution in [0.15, 0.2) is 78.9 Å². The quantitative estimate of drug-likeness (QED) is 0.295. The summed E-state index contributed by atoms with van der Waals surface area (Å²) in [4.78, 5) is 31.2. The van der Waals surface area contributed by atoms with E-state index in [0.717, 1.165) is 63.8 Å². The van der Waals surface area contributed by atoms with E-state index in [0.29, 0.717) is 5.56 Å². The van der Waals surface area contributed by atoms with Gasteiger partial charge >= 0.3 is 5.97 Å². The first-order chi connectivity index (χ1) is 18.0. The third-order valence-corrected chi connectivity index (χ3v) is 6.71. The third-order valence-electron chi connectivity index (χ3n) is 6.71. The number of para-hydroxylation sites is 2. The molecule has 1 aliphatic carbocycles. The Morgan fingerprint density at radius 2 is 1.68 bits per heavy atom. The van der Waals surface area contributed by atoms with E-state index in [-0.39, 0.29) is 18.4 Å². The SMILES string of the molecule is CC(C)c1ccccc1NC(=O)COC(=O)c1c2c(nc3ccccc13)/C(=C/c1ccccc1)CCC2. The molecule has 0 aliphatic heterocycles. The first-order valence-corrected chi connectivity index (χ1v) is 12.7. The summed E-state index contributed by atoms with van der Waals surface area (Å²) in [6.07, 6.45) is 4.68. The van der Waals surface area contributed by atoms with Crippen molar-refractivity contribution in [3.8, 4) is 0 Å². The number of allylic oxidation sites excluding steroid dienone is 1. The number of nitrogens with zero attached hydrogens (tertiary/aromatic N) is 1. The van der Waals surface area contributed by atoms with Crippen molar-refractivity contribution in [3.63, 3.8) is 0 Å². The van der Waals surface area contributed by atoms with Crippen LogP contribution in [-0.2, 0) is 16.0 Å². The van der Waals surface area contributed by atoms with Gasteiger partial charge in [0.15, 0.2) is 6.61 Å². The smallest absolute Gasteiger partial charge is 0.339 e. The van der Waals surface area contributed by atoms with Gasteiger partial charge in [0, 0.05) is 11.1 Å². The van der Waals surface area contributed by atoms with Gasteiger partial charge in [0.05, 0.1) is 16.8 Å². The predicted octanol–water partition coefficient (Wildman–Crippen LogP) is 7.03. The fourth-order valence-corrected chi connectivity index (χ4v) is 4.96. The normalized spacial score (nSPS) is 14.0. The summed E-state index contributed by atoms with van der Waals surface area (Å²) in [5, 5.41) is 3.64. The second-order valence-electron chi connectivity index (χ2n) is 9.63. The molecule has 0 radical (unpaired) electrons. The zero-order valence-corrected chi connectivity index (χ0v) is 21.2. The Balaban J connectivity index is 1.44. The zero-order valence-electron chi connectivity index (χ0n) is 21.2. The van der Waals surface area contributed by atoms with Crippen LogP contribution in [0.1, 0.15) is 65.3 Å². The number of carbonyl (C=O) groups excluding carboxylic acids is 2. The predicted molar refractivity (Wildman–Crippen MR) is 148 cm³/mol. The lowest BCUT2D eigenvalue weighted by Crippen LogP contribution is -2.23. The van der Waals surface area contributed by atoms with Crippen molar-refractivity contribution >= 4 is 40.1 Å². The van der Waals surface area contributed by atoms with Gasteiger partial charge in [0.2, 0.25) is 0 Å². The van der Waals surface area contributed by atoms with E-state index < -0.39 is 5.97 Å². The molecule has 1 amide bonds. The Kier molecular flexibility index (Phi) is 7.13. The Morgan fingerprint density at radius 3 is 2.49 bits per heavy atom. The van der Waals surface area contributed by atoms with Gasteiger partial charge in [-0.25, -0.2) is 9.78 Å². The standard InChI is InChI=1S/C32H30N2O3/c1-21(2)24-14-6-8-17-27(24)33-29(35)20-37-32(36)30-25-15-7-9-18-28(25)34-31-23(13-10-16-26(30)31)19-22-11-4-3-5-12-22/h3-9,11-12,14-15,17-19,21H,10,13,16,20H2,1-2H3,(H,33,35)/b23-19+. The molecule has 1 N–H and O–H groups in total. The molecule has 0 saturated carbocycles. The highest BCUT2D eigenvalue weighted by atomic mass is 16.5. The zero-order chi connectivity index (χ0) is 25.8. The van der Waals surface area contributed by atoms with Gasteiger partial charge in [-0.1, -0.05) is 80.6 Å². The summed E-state index contributed by atoms with van der Waals surface area (Å²) in [6, 6.07) is 25.4. The van der Waals surface area contributed by atoms with Crippen molar-refractivity contribution in [2.24, 2.45) is 0 Å². The van der Waals surface area contributed by atoms with Crippen molar-refractivity contribution in [1.82, 2.24) is 4.98 Å². The number of nitrogens with one attached hydrogen (secondary N) is 1. The van der Waals surface area contributed by atoms with E-state index >= 15 is 0 Å². The topological polar surface area (TPSA) is 68.3 Å². The fraction of sp³-hybridized carbons (Fsp3) is 0.219. The number of carbonyl (C=O) groups is 2. The molecule has 186 valence electrons. The van der Waals surface area contributed by atoms with Crippen LogP contribution in [0.3, 0.4) is 0 Å². The van der Waals surface area contributed by atoms with Crippen LogP contribution in [0.25, 0.3) is 22.6 Å². The lowest BCUT2D eigenvalue weighted by atomic mass is 9.86. The van der Waals surface area contributed by atoms with Crippen LogP contribution in [-0.4, -0.2) is 23.5 Å². The molecule has 37 heavy (non-hydrogen) atoms. The van der Waals surface area contributed by atoms with Crippen LogP contribution >= 0.6 is 0 Å². The molecule has 3 aromatic carbocycles. The van der Waals surface area contributed by atoms with Crippen molar-refractivity contribution in [2.75, 3.05) is 11.9 Å². The van der Waals surface area contributed by atoms with E-state index in [1.165, 1.54) is 0 Å². The molecule has 0 fully saturated rings. The van der Waals surface area contributed by atoms with Gasteiger partial charge in [0.1, 0.15) is 0 Å². The first kappa shape index (κ1) is 24.4. The maximum atomic E-state index is 13.5. The molecular formula is C32H30N2O3. The number of hydrogen-bond acceptors (Lipinski definition) is 4. The molecule has 4 aromatic rings. The number of rotatable bonds is 6. The van der Waals surface area contributed by atoms with E-state index in [1.54, 1.807) is 0 Å². The minimum absolute atomic E-state index is 0.256. The summed E-state index contributed by atoms with van der Waals surface area (Å²) in [5.74, 6) is -0.603. The van der Waals surface area contributed by atoms with Crippen LogP contribution < -0.4 is 5.32 Å². The minimum atomic E-state index is -0.497. The summed E-state index contributed by atoms with van der Waals surface area (Å²) in [5.41, 5.74) is 6.96. The highest BCUT2D eigenvalue weighted by Crippen LogP contribution is 2.36. The monoisotopic (exact) mass is 490 g/mol. The maximum Gasteiger partial charge on any atom is 0.339 e. The Hall–Kier alpha value is -4.25. The van der Waals surface area contributed by atoms with Crippen LogP contribution in [0, 0.1) is 0 Å². The van der Waals surface area contributed by atoms with Crippen molar-refractivity contribution in [3.05, 3.63) is 107 Å². The number of pyridine rings is 1. The molecule has 0 spiro atoms. The number of fused-ring (bicyclic) bond motifs is 2. The minimum Gasteiger partial charge on any atom is -0.452 e. The molecule has 1 aliphatic rings. The van der Waals surface area contributed by atoms with Crippen molar-refractivity contribution < 1.29 is 14.3 Å². The number of amides is 1. The summed E-state index contributed by atoms with van der Waals surface area (Å²) in [6.45, 7) is 3.79. The molecule has 0 saturated heterocycles. The molecule has 1 heterocycles. The van der Waals surface area contributed by atoms with Gasteiger partial charge in [0.25, 0.3) is 5.91 Å². The van der Waals surface area contributed by atoms with Crippen LogP contribution in [0.4, 0.5) is 5.69 Å². The van der Waals surface area contributed by atoms with Gasteiger partial charge in [-0.2, -0.15) is 0 Å². The molecule has 1 aromatic heterocycles. The highest BCUT2D eigenvalue weighted by Gasteiger charge is 2.26. The second-order valence-corrected chi connectivity index (χ2v) is 9.63. The van der Waals surface area contributed by atoms with Crippen LogP contribution in [0.5, 0.6) is 0 Å². The summed E-state index contributed by atoms with van der Waals surface area (Å²) in [7, 11) is 0. The Labute approximate surface area is 217 Å². The molecule has 5 rings (SSSR count). The third kappa shape index (κ3) is 5.31. The number of esters is 1. The van der Waals surface area contributed by atoms with Gasteiger partial charge in [-0.15, -0.1) is 0 Å². The summed E-state index contributed by atoms with van der Waals surface area (Å²) >= 11 is 0. The second kappa shape index (κ2) is 10.8. The average Bonchev–Trinajstić information content (AvgIpc) is 2.91. The summed E-state index contributed by atoms with van der Waals surface area (Å²) < 4.78 is 5.59. The maximum absolute atomic E-state index is 13.5. The number of anilines is 1. The Bertz CT molecular complexity index is 1490. The molecule has 5 heteroatoms. The molecule has 5 nitrogen and oxygen atoms in total. The number of ether oxygens (including phenoxy) is 1. The van der Waals surface area contributed by atoms with Gasteiger partial charge in [-0.3, -0.25) is 4.79 Å². The highest BCUT2D eigenvalue weighted by molar-refractivity contribution is 6.07. The van der Waals surface area contributed by atoms with E-state index in [1.807, 2.05) is 66.7 Å². The van der Waals surface area contributed by atoms with Gasteiger partial charge < -0.3 is 10.1 Å². The van der Waals surface area contributed by atoms with E-state index in [4.69, 9.17) is 9.72 Å². The number of aromatic nitrogens is 1. The van der Waals surface area contributed by atoms with E-state index in [9.17, 15) is 9.59 Å². The largest absolute Gasteiger partial charge is 0.452 e. The lowest BCUT2D eigenvalue weighted by molar-refractivity contribution is -0.119. The molecule has 0 bridgehead atoms. The van der Waals surface area contributed by atoms with Crippen molar-refractivity contribution in [2.45, 2.75) is 39.0 Å². The molecular weight excluding hydrogens is 460 g/mol. The number of hydrogen-bond donors (Lipinski definition) is 1. The van der Waals surface area contributed by atoms with E-state index in [2.05, 4.69) is 37.4 Å². The number of benzene rings is 3. The lowest BCUT2D eigenvalue weighted by Gasteiger charge is -2.22.